The molecule has 2 aromatic rings. The first-order valence-electron chi connectivity index (χ1n) is 8.70. The van der Waals surface area contributed by atoms with E-state index in [2.05, 4.69) is 18.7 Å². The van der Waals surface area contributed by atoms with E-state index in [1.54, 1.807) is 0 Å². The van der Waals surface area contributed by atoms with Crippen molar-refractivity contribution in [2.75, 3.05) is 26.2 Å². The minimum Gasteiger partial charge on any atom is -0.459 e. The lowest BCUT2D eigenvalue weighted by molar-refractivity contribution is 0.0243. The number of benzene rings is 1. The molecule has 0 aliphatic carbocycles. The third-order valence-corrected chi connectivity index (χ3v) is 4.15. The molecule has 28 heavy (non-hydrogen) atoms. The summed E-state index contributed by atoms with van der Waals surface area (Å²) in [5.74, 6) is -2.18. The number of esters is 1. The van der Waals surface area contributed by atoms with Gasteiger partial charge in [0, 0.05) is 17.5 Å². The van der Waals surface area contributed by atoms with Gasteiger partial charge in [0.15, 0.2) is 11.6 Å². The molecule has 1 aromatic carbocycles. The summed E-state index contributed by atoms with van der Waals surface area (Å²) in [6.45, 7) is 11.2. The summed E-state index contributed by atoms with van der Waals surface area (Å²) in [6, 6.07) is 6.43. The topological polar surface area (TPSA) is 74.2 Å². The second-order valence-electron chi connectivity index (χ2n) is 6.99. The molecule has 0 atom stereocenters. The van der Waals surface area contributed by atoms with Gasteiger partial charge < -0.3 is 19.5 Å². The molecule has 0 saturated heterocycles. The second-order valence-corrected chi connectivity index (χ2v) is 6.99. The predicted octanol–water partition coefficient (Wildman–Crippen LogP) is 4.35. The van der Waals surface area contributed by atoms with Crippen LogP contribution >= 0.6 is 12.4 Å². The average molecular weight is 420 g/mol. The van der Waals surface area contributed by atoms with E-state index in [9.17, 15) is 13.6 Å². The minimum atomic E-state index is -0.971. The van der Waals surface area contributed by atoms with E-state index >= 15 is 0 Å². The number of hydrogen-bond acceptors (Lipinski definition) is 4. The van der Waals surface area contributed by atoms with Crippen LogP contribution in [0, 0.1) is 17.0 Å². The van der Waals surface area contributed by atoms with Crippen LogP contribution in [0.2, 0.25) is 0 Å². The van der Waals surface area contributed by atoms with Gasteiger partial charge in [-0.05, 0) is 43.4 Å². The molecule has 0 amide bonds. The Kier molecular flexibility index (Phi) is 10.4. The van der Waals surface area contributed by atoms with Gasteiger partial charge in [0.25, 0.3) is 0 Å². The van der Waals surface area contributed by atoms with Crippen molar-refractivity contribution in [2.45, 2.75) is 27.7 Å². The number of halogens is 3. The number of nitrogens with zero attached hydrogens (tertiary/aromatic N) is 1. The quantitative estimate of drug-likeness (QED) is 0.596. The zero-order valence-corrected chi connectivity index (χ0v) is 17.4. The van der Waals surface area contributed by atoms with Gasteiger partial charge in [-0.2, -0.15) is 0 Å². The van der Waals surface area contributed by atoms with Crippen molar-refractivity contribution in [3.05, 3.63) is 47.7 Å². The molecule has 2 N–H and O–H groups in total. The monoisotopic (exact) mass is 419 g/mol. The Labute approximate surface area is 170 Å². The summed E-state index contributed by atoms with van der Waals surface area (Å²) < 4.78 is 37.2. The van der Waals surface area contributed by atoms with Crippen LogP contribution in [-0.2, 0) is 4.74 Å². The molecule has 0 bridgehead atoms. The normalized spacial score (nSPS) is 11.0. The first kappa shape index (κ1) is 26.0. The lowest BCUT2D eigenvalue weighted by atomic mass is 9.94. The lowest BCUT2D eigenvalue weighted by Crippen LogP contribution is -2.37. The molecule has 1 heterocycles. The Balaban J connectivity index is 0.00000364. The summed E-state index contributed by atoms with van der Waals surface area (Å²) >= 11 is 0. The average Bonchev–Trinajstić information content (AvgIpc) is 3.10. The number of carbonyl (C=O) groups is 1. The van der Waals surface area contributed by atoms with Crippen molar-refractivity contribution in [3.63, 3.8) is 0 Å². The second kappa shape index (κ2) is 11.1. The highest BCUT2D eigenvalue weighted by Gasteiger charge is 2.24. The summed E-state index contributed by atoms with van der Waals surface area (Å²) in [6.07, 6.45) is 0. The van der Waals surface area contributed by atoms with E-state index in [0.717, 1.165) is 31.8 Å². The van der Waals surface area contributed by atoms with Crippen molar-refractivity contribution < 1.29 is 28.2 Å². The smallest absolute Gasteiger partial charge is 0.374 e. The van der Waals surface area contributed by atoms with Crippen LogP contribution < -0.4 is 0 Å². The van der Waals surface area contributed by atoms with Gasteiger partial charge in [-0.3, -0.25) is 0 Å². The SMILES string of the molecule is CCN(CC)CC(C)(C)COC(=O)c1ccc(-c2ccc(F)c(F)c2)o1.Cl.O. The number of hydrogen-bond donors (Lipinski definition) is 0. The van der Waals surface area contributed by atoms with E-state index < -0.39 is 17.6 Å². The fourth-order valence-corrected chi connectivity index (χ4v) is 2.68. The highest BCUT2D eigenvalue weighted by molar-refractivity contribution is 5.87. The van der Waals surface area contributed by atoms with E-state index in [4.69, 9.17) is 9.15 Å². The molecule has 0 fully saturated rings. The van der Waals surface area contributed by atoms with E-state index in [0.29, 0.717) is 5.56 Å². The Hall–Kier alpha value is -1.96. The lowest BCUT2D eigenvalue weighted by Gasteiger charge is -2.30. The molecule has 0 aliphatic rings. The van der Waals surface area contributed by atoms with Crippen LogP contribution in [0.3, 0.4) is 0 Å². The molecular weight excluding hydrogens is 392 g/mol. The number of furan rings is 1. The number of rotatable bonds is 8. The zero-order chi connectivity index (χ0) is 19.3. The Bertz CT molecular complexity index is 760. The molecule has 2 rings (SSSR count). The van der Waals surface area contributed by atoms with Crippen molar-refractivity contribution in [3.8, 4) is 11.3 Å². The molecule has 5 nitrogen and oxygen atoms in total. The number of carbonyl (C=O) groups excluding carboxylic acids is 1. The van der Waals surface area contributed by atoms with Gasteiger partial charge in [0.1, 0.15) is 5.76 Å². The third kappa shape index (κ3) is 6.89. The highest BCUT2D eigenvalue weighted by Crippen LogP contribution is 2.25. The van der Waals surface area contributed by atoms with E-state index in [1.807, 2.05) is 13.8 Å². The van der Waals surface area contributed by atoms with Crippen molar-refractivity contribution in [2.24, 2.45) is 5.41 Å². The fourth-order valence-electron chi connectivity index (χ4n) is 2.68. The molecule has 0 radical (unpaired) electrons. The van der Waals surface area contributed by atoms with Crippen LogP contribution in [0.15, 0.2) is 34.7 Å². The van der Waals surface area contributed by atoms with Crippen LogP contribution in [-0.4, -0.2) is 42.6 Å². The highest BCUT2D eigenvalue weighted by atomic mass is 35.5. The molecule has 158 valence electrons. The van der Waals surface area contributed by atoms with Gasteiger partial charge in [0.2, 0.25) is 5.76 Å². The van der Waals surface area contributed by atoms with Crippen LogP contribution in [0.25, 0.3) is 11.3 Å². The van der Waals surface area contributed by atoms with E-state index in [-0.39, 0.29) is 41.4 Å². The van der Waals surface area contributed by atoms with Gasteiger partial charge in [-0.25, -0.2) is 13.6 Å². The van der Waals surface area contributed by atoms with Crippen LogP contribution in [0.1, 0.15) is 38.2 Å². The minimum absolute atomic E-state index is 0. The summed E-state index contributed by atoms with van der Waals surface area (Å²) in [4.78, 5) is 14.5. The maximum Gasteiger partial charge on any atom is 0.374 e. The molecule has 0 saturated carbocycles. The third-order valence-electron chi connectivity index (χ3n) is 4.15. The molecular formula is C20H28ClF2NO4. The summed E-state index contributed by atoms with van der Waals surface area (Å²) in [7, 11) is 0. The number of ether oxygens (including phenoxy) is 1. The van der Waals surface area contributed by atoms with Gasteiger partial charge in [-0.15, -0.1) is 12.4 Å². The Morgan fingerprint density at radius 3 is 2.32 bits per heavy atom. The van der Waals surface area contributed by atoms with Crippen molar-refractivity contribution >= 4 is 18.4 Å². The van der Waals surface area contributed by atoms with Crippen molar-refractivity contribution in [1.82, 2.24) is 4.90 Å². The largest absolute Gasteiger partial charge is 0.459 e. The van der Waals surface area contributed by atoms with Crippen molar-refractivity contribution in [1.29, 1.82) is 0 Å². The van der Waals surface area contributed by atoms with Gasteiger partial charge in [-0.1, -0.05) is 27.7 Å². The van der Waals surface area contributed by atoms with Gasteiger partial charge >= 0.3 is 5.97 Å². The Morgan fingerprint density at radius 2 is 1.75 bits per heavy atom. The van der Waals surface area contributed by atoms with Crippen LogP contribution in [0.5, 0.6) is 0 Å². The first-order valence-corrected chi connectivity index (χ1v) is 8.70. The molecule has 1 aromatic heterocycles. The van der Waals surface area contributed by atoms with Gasteiger partial charge in [0.05, 0.1) is 6.61 Å². The predicted molar refractivity (Wildman–Crippen MR) is 107 cm³/mol. The molecule has 0 unspecified atom stereocenters. The zero-order valence-electron chi connectivity index (χ0n) is 16.6. The standard InChI is InChI=1S/C20H25F2NO3.ClH.H2O/c1-5-23(6-2)12-20(3,4)13-25-19(24)18-10-9-17(26-18)14-7-8-15(21)16(22)11-14;;/h7-11H,5-6,12-13H2,1-4H3;1H;1H2. The van der Waals surface area contributed by atoms with Crippen LogP contribution in [0.4, 0.5) is 8.78 Å². The maximum atomic E-state index is 13.3. The fraction of sp³-hybridized carbons (Fsp3) is 0.450. The first-order chi connectivity index (χ1) is 12.3. The van der Waals surface area contributed by atoms with E-state index in [1.165, 1.54) is 18.2 Å². The summed E-state index contributed by atoms with van der Waals surface area (Å²) in [5, 5.41) is 0. The molecule has 0 spiro atoms. The molecule has 0 aliphatic heterocycles. The maximum absolute atomic E-state index is 13.3. The summed E-state index contributed by atoms with van der Waals surface area (Å²) in [5.41, 5.74) is 0.154. The molecule has 8 heteroatoms. The Morgan fingerprint density at radius 1 is 1.11 bits per heavy atom.